The Morgan fingerprint density at radius 2 is 2.19 bits per heavy atom. The molecule has 2 rings (SSSR count). The summed E-state index contributed by atoms with van der Waals surface area (Å²) in [6.45, 7) is 2.14. The van der Waals surface area contributed by atoms with Crippen molar-refractivity contribution in [2.45, 2.75) is 83.1 Å². The minimum absolute atomic E-state index is 0.0660. The summed E-state index contributed by atoms with van der Waals surface area (Å²) in [4.78, 5) is 11.1. The minimum atomic E-state index is -1.09. The van der Waals surface area contributed by atoms with E-state index in [1.165, 1.54) is 7.11 Å². The number of carbonyl (C=O) groups excluding carboxylic acids is 1. The fourth-order valence-corrected chi connectivity index (χ4v) is 3.94. The Morgan fingerprint density at radius 1 is 1.38 bits per heavy atom. The van der Waals surface area contributed by atoms with Gasteiger partial charge < -0.3 is 14.6 Å². The van der Waals surface area contributed by atoms with Crippen LogP contribution in [0.4, 0.5) is 4.39 Å². The maximum Gasteiger partial charge on any atom is 0.305 e. The summed E-state index contributed by atoms with van der Waals surface area (Å²) in [7, 11) is 1.37. The zero-order valence-corrected chi connectivity index (χ0v) is 16.0. The van der Waals surface area contributed by atoms with E-state index in [1.807, 2.05) is 12.2 Å². The van der Waals surface area contributed by atoms with Gasteiger partial charge in [-0.2, -0.15) is 0 Å². The number of allylic oxidation sites excluding steroid dienone is 3. The highest BCUT2D eigenvalue weighted by Gasteiger charge is 2.49. The molecule has 1 N–H and O–H groups in total. The third kappa shape index (κ3) is 5.83. The van der Waals surface area contributed by atoms with Gasteiger partial charge in [-0.25, -0.2) is 4.39 Å². The number of halogens is 1. The monoisotopic (exact) mass is 368 g/mol. The van der Waals surface area contributed by atoms with Crippen LogP contribution in [-0.4, -0.2) is 36.6 Å². The normalized spacial score (nSPS) is 30.5. The van der Waals surface area contributed by atoms with Gasteiger partial charge in [0.1, 0.15) is 11.9 Å². The van der Waals surface area contributed by atoms with Gasteiger partial charge in [0, 0.05) is 12.3 Å². The molecule has 1 aliphatic heterocycles. The number of ether oxygens (including phenoxy) is 2. The fraction of sp³-hybridized carbons (Fsp3) is 0.762. The highest BCUT2D eigenvalue weighted by molar-refractivity contribution is 5.69. The lowest BCUT2D eigenvalue weighted by Crippen LogP contribution is -2.21. The SMILES string of the molecule is CCCCC[C@H](O)/C=C/[C@H]1CC[C@@H]2O/C(=C\CCCC(=O)OC)C(F)[C@@H]21. The van der Waals surface area contributed by atoms with Crippen LogP contribution in [0.5, 0.6) is 0 Å². The first-order valence-corrected chi connectivity index (χ1v) is 10.0. The number of hydrogen-bond acceptors (Lipinski definition) is 4. The molecule has 5 atom stereocenters. The number of hydrogen-bond donors (Lipinski definition) is 1. The van der Waals surface area contributed by atoms with E-state index in [9.17, 15) is 14.3 Å². The van der Waals surface area contributed by atoms with Gasteiger partial charge in [0.15, 0.2) is 6.17 Å². The second kappa shape index (κ2) is 10.7. The van der Waals surface area contributed by atoms with Crippen LogP contribution in [-0.2, 0) is 14.3 Å². The first-order chi connectivity index (χ1) is 12.6. The van der Waals surface area contributed by atoms with Crippen molar-refractivity contribution in [3.63, 3.8) is 0 Å². The van der Waals surface area contributed by atoms with Gasteiger partial charge in [-0.3, -0.25) is 4.79 Å². The smallest absolute Gasteiger partial charge is 0.305 e. The van der Waals surface area contributed by atoms with Gasteiger partial charge in [0.2, 0.25) is 0 Å². The molecule has 0 aromatic heterocycles. The zero-order valence-electron chi connectivity index (χ0n) is 16.0. The summed E-state index contributed by atoms with van der Waals surface area (Å²) < 4.78 is 25.3. The Balaban J connectivity index is 1.83. The molecule has 1 aliphatic carbocycles. The first-order valence-electron chi connectivity index (χ1n) is 10.0. The summed E-state index contributed by atoms with van der Waals surface area (Å²) in [5, 5.41) is 10.0. The lowest BCUT2D eigenvalue weighted by Gasteiger charge is -2.15. The van der Waals surface area contributed by atoms with Crippen molar-refractivity contribution in [1.29, 1.82) is 0 Å². The van der Waals surface area contributed by atoms with Crippen LogP contribution in [0, 0.1) is 11.8 Å². The second-order valence-electron chi connectivity index (χ2n) is 7.40. The number of carbonyl (C=O) groups is 1. The zero-order chi connectivity index (χ0) is 18.9. The predicted molar refractivity (Wildman–Crippen MR) is 99.2 cm³/mol. The standard InChI is InChI=1S/C21H33FO4/c1-3-4-5-8-16(23)13-11-15-12-14-17-20(15)21(22)18(26-17)9-6-7-10-19(24)25-2/h9,11,13,15-17,20-21,23H,3-8,10,12,14H2,1-2H3/b13-11+,18-9-/t15-,16-,17-,20+,21?/m0/s1. The Kier molecular flexibility index (Phi) is 8.63. The maximum absolute atomic E-state index is 14.8. The third-order valence-corrected chi connectivity index (χ3v) is 5.45. The number of alkyl halides is 1. The number of esters is 1. The molecular formula is C21H33FO4. The van der Waals surface area contributed by atoms with E-state index in [1.54, 1.807) is 6.08 Å². The Bertz CT molecular complexity index is 502. The molecule has 0 spiro atoms. The molecule has 0 bridgehead atoms. The van der Waals surface area contributed by atoms with E-state index in [-0.39, 0.29) is 23.9 Å². The quantitative estimate of drug-likeness (QED) is 0.351. The molecule has 1 unspecified atom stereocenters. The molecule has 0 radical (unpaired) electrons. The average Bonchev–Trinajstić information content (AvgIpc) is 3.17. The Morgan fingerprint density at radius 3 is 2.92 bits per heavy atom. The molecule has 0 amide bonds. The predicted octanol–water partition coefficient (Wildman–Crippen LogP) is 4.47. The van der Waals surface area contributed by atoms with Crippen molar-refractivity contribution in [1.82, 2.24) is 0 Å². The number of fused-ring (bicyclic) bond motifs is 1. The number of methoxy groups -OCH3 is 1. The van der Waals surface area contributed by atoms with Crippen molar-refractivity contribution < 1.29 is 23.8 Å². The highest BCUT2D eigenvalue weighted by atomic mass is 19.1. The number of aliphatic hydroxyl groups excluding tert-OH is 1. The largest absolute Gasteiger partial charge is 0.492 e. The van der Waals surface area contributed by atoms with Gasteiger partial charge in [-0.05, 0) is 44.1 Å². The van der Waals surface area contributed by atoms with Crippen LogP contribution in [0.1, 0.15) is 64.7 Å². The van der Waals surface area contributed by atoms with Crippen LogP contribution in [0.2, 0.25) is 0 Å². The first kappa shape index (κ1) is 20.9. The summed E-state index contributed by atoms with van der Waals surface area (Å²) in [5.74, 6) is 0.149. The van der Waals surface area contributed by atoms with Gasteiger partial charge in [0.25, 0.3) is 0 Å². The minimum Gasteiger partial charge on any atom is -0.492 e. The molecule has 26 heavy (non-hydrogen) atoms. The van der Waals surface area contributed by atoms with Crippen molar-refractivity contribution >= 4 is 5.97 Å². The lowest BCUT2D eigenvalue weighted by atomic mass is 9.90. The van der Waals surface area contributed by atoms with E-state index in [0.717, 1.165) is 38.5 Å². The molecule has 0 aromatic rings. The highest BCUT2D eigenvalue weighted by Crippen LogP contribution is 2.47. The van der Waals surface area contributed by atoms with E-state index in [0.29, 0.717) is 25.0 Å². The molecular weight excluding hydrogens is 335 g/mol. The summed E-state index contributed by atoms with van der Waals surface area (Å²) >= 11 is 0. The molecule has 1 heterocycles. The van der Waals surface area contributed by atoms with Crippen molar-refractivity contribution in [2.24, 2.45) is 11.8 Å². The summed E-state index contributed by atoms with van der Waals surface area (Å²) in [6, 6.07) is 0. The molecule has 0 aromatic carbocycles. The van der Waals surface area contributed by atoms with Gasteiger partial charge in [-0.1, -0.05) is 38.3 Å². The molecule has 148 valence electrons. The van der Waals surface area contributed by atoms with Crippen molar-refractivity contribution in [2.75, 3.05) is 7.11 Å². The maximum atomic E-state index is 14.8. The van der Waals surface area contributed by atoms with E-state index >= 15 is 0 Å². The fourth-order valence-electron chi connectivity index (χ4n) is 3.94. The number of rotatable bonds is 10. The summed E-state index contributed by atoms with van der Waals surface area (Å²) in [6.07, 6.45) is 11.4. The molecule has 1 saturated heterocycles. The number of aliphatic hydroxyl groups is 1. The van der Waals surface area contributed by atoms with Crippen LogP contribution in [0.25, 0.3) is 0 Å². The van der Waals surface area contributed by atoms with Crippen LogP contribution < -0.4 is 0 Å². The van der Waals surface area contributed by atoms with Crippen LogP contribution in [0.15, 0.2) is 24.0 Å². The molecule has 2 fully saturated rings. The van der Waals surface area contributed by atoms with Crippen molar-refractivity contribution in [3.8, 4) is 0 Å². The molecule has 4 nitrogen and oxygen atoms in total. The Hall–Kier alpha value is -1.36. The van der Waals surface area contributed by atoms with E-state index in [2.05, 4.69) is 11.7 Å². The van der Waals surface area contributed by atoms with Crippen LogP contribution in [0.3, 0.4) is 0 Å². The molecule has 2 aliphatic rings. The third-order valence-electron chi connectivity index (χ3n) is 5.45. The van der Waals surface area contributed by atoms with Gasteiger partial charge in [0.05, 0.1) is 13.2 Å². The van der Waals surface area contributed by atoms with E-state index in [4.69, 9.17) is 4.74 Å². The van der Waals surface area contributed by atoms with E-state index < -0.39 is 12.3 Å². The molecule has 1 saturated carbocycles. The average molecular weight is 368 g/mol. The Labute approximate surface area is 156 Å². The van der Waals surface area contributed by atoms with Crippen molar-refractivity contribution in [3.05, 3.63) is 24.0 Å². The lowest BCUT2D eigenvalue weighted by molar-refractivity contribution is -0.140. The summed E-state index contributed by atoms with van der Waals surface area (Å²) in [5.41, 5.74) is 0. The van der Waals surface area contributed by atoms with Gasteiger partial charge >= 0.3 is 5.97 Å². The van der Waals surface area contributed by atoms with Gasteiger partial charge in [-0.15, -0.1) is 0 Å². The molecule has 5 heteroatoms. The topological polar surface area (TPSA) is 55.8 Å². The number of unbranched alkanes of at least 4 members (excludes halogenated alkanes) is 3. The van der Waals surface area contributed by atoms with Crippen LogP contribution >= 0.6 is 0 Å². The second-order valence-corrected chi connectivity index (χ2v) is 7.40.